The van der Waals surface area contributed by atoms with E-state index in [9.17, 15) is 9.59 Å². The summed E-state index contributed by atoms with van der Waals surface area (Å²) in [5.41, 5.74) is 1.49. The highest BCUT2D eigenvalue weighted by molar-refractivity contribution is 6.00. The van der Waals surface area contributed by atoms with Gasteiger partial charge in [0.2, 0.25) is 5.95 Å². The van der Waals surface area contributed by atoms with E-state index in [1.165, 1.54) is 17.0 Å². The minimum atomic E-state index is -0.199. The van der Waals surface area contributed by atoms with Crippen LogP contribution in [0.2, 0.25) is 0 Å². The fourth-order valence-corrected chi connectivity index (χ4v) is 3.82. The summed E-state index contributed by atoms with van der Waals surface area (Å²) in [6, 6.07) is 10.5. The third kappa shape index (κ3) is 3.80. The van der Waals surface area contributed by atoms with Gasteiger partial charge >= 0.3 is 0 Å². The van der Waals surface area contributed by atoms with E-state index >= 15 is 0 Å². The number of nitrogens with zero attached hydrogens (tertiary/aromatic N) is 5. The van der Waals surface area contributed by atoms with Crippen molar-refractivity contribution in [2.75, 3.05) is 25.1 Å². The molecule has 0 spiro atoms. The molecule has 3 heterocycles. The van der Waals surface area contributed by atoms with E-state index in [1.54, 1.807) is 38.6 Å². The Kier molecular flexibility index (Phi) is 5.56. The number of hydrogen-bond acceptors (Lipinski definition) is 7. The molecule has 1 atom stereocenters. The molecule has 1 unspecified atom stereocenters. The zero-order valence-electron chi connectivity index (χ0n) is 17.0. The molecule has 30 heavy (non-hydrogen) atoms. The third-order valence-corrected chi connectivity index (χ3v) is 5.40. The maximum atomic E-state index is 13.2. The van der Waals surface area contributed by atoms with Crippen molar-refractivity contribution in [2.45, 2.75) is 12.8 Å². The van der Waals surface area contributed by atoms with Gasteiger partial charge in [-0.3, -0.25) is 14.2 Å². The molecule has 1 aliphatic rings. The second-order valence-corrected chi connectivity index (χ2v) is 7.28. The van der Waals surface area contributed by atoms with E-state index in [0.29, 0.717) is 35.2 Å². The number of rotatable bonds is 5. The molecule has 3 aromatic rings. The molecular formula is C22H23N5O3. The molecule has 8 heteroatoms. The third-order valence-electron chi connectivity index (χ3n) is 5.40. The molecule has 1 saturated heterocycles. The number of para-hydroxylation sites is 1. The van der Waals surface area contributed by atoms with Gasteiger partial charge in [0.05, 0.1) is 24.1 Å². The summed E-state index contributed by atoms with van der Waals surface area (Å²) in [5, 5.41) is 0. The average molecular weight is 405 g/mol. The SMILES string of the molecule is COc1ccccc1C(=O)C1CCCN(c2nc(-c3ccncn3)cc(=O)n2C)C1. The zero-order chi connectivity index (χ0) is 21.1. The molecule has 0 N–H and O–H groups in total. The Morgan fingerprint density at radius 2 is 2.03 bits per heavy atom. The molecule has 0 saturated carbocycles. The molecule has 2 aromatic heterocycles. The molecule has 4 rings (SSSR count). The lowest BCUT2D eigenvalue weighted by atomic mass is 9.89. The quantitative estimate of drug-likeness (QED) is 0.602. The summed E-state index contributed by atoms with van der Waals surface area (Å²) in [5.74, 6) is 0.966. The maximum absolute atomic E-state index is 13.2. The Morgan fingerprint density at radius 3 is 2.80 bits per heavy atom. The van der Waals surface area contributed by atoms with Crippen molar-refractivity contribution in [3.8, 4) is 17.1 Å². The van der Waals surface area contributed by atoms with Crippen molar-refractivity contribution in [1.82, 2.24) is 19.5 Å². The number of ketones is 1. The standard InChI is InChI=1S/C22H23N5O3/c1-26-20(28)12-18(17-9-10-23-14-24-17)25-22(26)27-11-5-6-15(13-27)21(29)16-7-3-4-8-19(16)30-2/h3-4,7-10,12,14-15H,5-6,11,13H2,1-2H3. The number of methoxy groups -OCH3 is 1. The predicted octanol–water partition coefficient (Wildman–Crippen LogP) is 2.35. The summed E-state index contributed by atoms with van der Waals surface area (Å²) < 4.78 is 6.88. The highest BCUT2D eigenvalue weighted by atomic mass is 16.5. The molecule has 1 fully saturated rings. The topological polar surface area (TPSA) is 90.2 Å². The number of hydrogen-bond donors (Lipinski definition) is 0. The highest BCUT2D eigenvalue weighted by Gasteiger charge is 2.30. The number of aromatic nitrogens is 4. The van der Waals surface area contributed by atoms with Gasteiger partial charge in [-0.05, 0) is 31.0 Å². The van der Waals surface area contributed by atoms with Gasteiger partial charge in [0.25, 0.3) is 5.56 Å². The van der Waals surface area contributed by atoms with Crippen molar-refractivity contribution < 1.29 is 9.53 Å². The summed E-state index contributed by atoms with van der Waals surface area (Å²) in [4.78, 5) is 40.6. The number of ether oxygens (including phenoxy) is 1. The van der Waals surface area contributed by atoms with Crippen molar-refractivity contribution in [3.63, 3.8) is 0 Å². The van der Waals surface area contributed by atoms with Crippen molar-refractivity contribution >= 4 is 11.7 Å². The van der Waals surface area contributed by atoms with E-state index in [-0.39, 0.29) is 17.3 Å². The lowest BCUT2D eigenvalue weighted by Gasteiger charge is -2.33. The number of piperidine rings is 1. The Bertz CT molecular complexity index is 1110. The molecule has 1 aliphatic heterocycles. The van der Waals surface area contributed by atoms with Gasteiger partial charge in [-0.1, -0.05) is 12.1 Å². The fourth-order valence-electron chi connectivity index (χ4n) is 3.82. The predicted molar refractivity (Wildman–Crippen MR) is 113 cm³/mol. The number of carbonyl (C=O) groups excluding carboxylic acids is 1. The van der Waals surface area contributed by atoms with Crippen molar-refractivity contribution in [1.29, 1.82) is 0 Å². The van der Waals surface area contributed by atoms with E-state index in [0.717, 1.165) is 19.4 Å². The smallest absolute Gasteiger partial charge is 0.255 e. The van der Waals surface area contributed by atoms with Gasteiger partial charge in [-0.25, -0.2) is 15.0 Å². The van der Waals surface area contributed by atoms with Crippen LogP contribution in [-0.2, 0) is 7.05 Å². The van der Waals surface area contributed by atoms with Crippen LogP contribution in [0.5, 0.6) is 5.75 Å². The van der Waals surface area contributed by atoms with E-state index in [2.05, 4.69) is 15.0 Å². The van der Waals surface area contributed by atoms with Gasteiger partial charge in [0, 0.05) is 38.3 Å². The number of anilines is 1. The van der Waals surface area contributed by atoms with Crippen LogP contribution >= 0.6 is 0 Å². The normalized spacial score (nSPS) is 16.3. The molecule has 0 radical (unpaired) electrons. The molecular weight excluding hydrogens is 382 g/mol. The summed E-state index contributed by atoms with van der Waals surface area (Å²) in [6.07, 6.45) is 4.66. The molecule has 0 aliphatic carbocycles. The average Bonchev–Trinajstić information content (AvgIpc) is 2.81. The first-order valence-corrected chi connectivity index (χ1v) is 9.85. The van der Waals surface area contributed by atoms with Crippen LogP contribution in [-0.4, -0.2) is 45.5 Å². The Balaban J connectivity index is 1.64. The molecule has 1 aromatic carbocycles. The van der Waals surface area contributed by atoms with Crippen LogP contribution in [0.15, 0.2) is 53.7 Å². The largest absolute Gasteiger partial charge is 0.496 e. The van der Waals surface area contributed by atoms with Crippen molar-refractivity contribution in [2.24, 2.45) is 13.0 Å². The van der Waals surface area contributed by atoms with E-state index in [1.807, 2.05) is 17.0 Å². The number of Topliss-reactive ketones (excluding diaryl/α,β-unsaturated/α-hetero) is 1. The van der Waals surface area contributed by atoms with E-state index in [4.69, 9.17) is 4.74 Å². The first-order chi connectivity index (χ1) is 14.6. The Hall–Kier alpha value is -3.55. The van der Waals surface area contributed by atoms with Crippen LogP contribution in [0.25, 0.3) is 11.4 Å². The monoisotopic (exact) mass is 405 g/mol. The second-order valence-electron chi connectivity index (χ2n) is 7.28. The minimum absolute atomic E-state index is 0.0501. The van der Waals surface area contributed by atoms with Crippen LogP contribution in [0, 0.1) is 5.92 Å². The van der Waals surface area contributed by atoms with Crippen LogP contribution in [0.4, 0.5) is 5.95 Å². The number of carbonyl (C=O) groups is 1. The summed E-state index contributed by atoms with van der Waals surface area (Å²) >= 11 is 0. The first kappa shape index (κ1) is 19.8. The fraction of sp³-hybridized carbons (Fsp3) is 0.318. The minimum Gasteiger partial charge on any atom is -0.496 e. The second kappa shape index (κ2) is 8.44. The van der Waals surface area contributed by atoms with Gasteiger partial charge < -0.3 is 9.64 Å². The van der Waals surface area contributed by atoms with Gasteiger partial charge in [-0.2, -0.15) is 0 Å². The molecule has 154 valence electrons. The van der Waals surface area contributed by atoms with Crippen LogP contribution in [0.3, 0.4) is 0 Å². The molecule has 0 amide bonds. The van der Waals surface area contributed by atoms with Crippen LogP contribution in [0.1, 0.15) is 23.2 Å². The first-order valence-electron chi connectivity index (χ1n) is 9.85. The molecule has 8 nitrogen and oxygen atoms in total. The van der Waals surface area contributed by atoms with Gasteiger partial charge in [0.15, 0.2) is 5.78 Å². The van der Waals surface area contributed by atoms with Crippen LogP contribution < -0.4 is 15.2 Å². The number of benzene rings is 1. The highest BCUT2D eigenvalue weighted by Crippen LogP contribution is 2.28. The summed E-state index contributed by atoms with van der Waals surface area (Å²) in [7, 11) is 3.26. The van der Waals surface area contributed by atoms with Crippen molar-refractivity contribution in [3.05, 3.63) is 64.8 Å². The lowest BCUT2D eigenvalue weighted by Crippen LogP contribution is -2.42. The zero-order valence-corrected chi connectivity index (χ0v) is 17.0. The summed E-state index contributed by atoms with van der Waals surface area (Å²) in [6.45, 7) is 1.22. The Labute approximate surface area is 174 Å². The maximum Gasteiger partial charge on any atom is 0.255 e. The lowest BCUT2D eigenvalue weighted by molar-refractivity contribution is 0.0903. The van der Waals surface area contributed by atoms with E-state index < -0.39 is 0 Å². The molecule has 0 bridgehead atoms. The Morgan fingerprint density at radius 1 is 1.20 bits per heavy atom. The van der Waals surface area contributed by atoms with Gasteiger partial charge in [-0.15, -0.1) is 0 Å². The van der Waals surface area contributed by atoms with Gasteiger partial charge in [0.1, 0.15) is 12.1 Å².